The molecule has 174 valence electrons. The highest BCUT2D eigenvalue weighted by Gasteiger charge is 2.21. The van der Waals surface area contributed by atoms with Crippen LogP contribution in [0.25, 0.3) is 81.0 Å². The van der Waals surface area contributed by atoms with E-state index in [9.17, 15) is 0 Å². The van der Waals surface area contributed by atoms with Gasteiger partial charge in [-0.1, -0.05) is 71.5 Å². The number of rotatable bonds is 1. The van der Waals surface area contributed by atoms with Crippen LogP contribution in [0, 0.1) is 0 Å². The van der Waals surface area contributed by atoms with Crippen LogP contribution in [0.4, 0.5) is 0 Å². The fourth-order valence-corrected chi connectivity index (χ4v) is 6.98. The van der Waals surface area contributed by atoms with Gasteiger partial charge in [0.2, 0.25) is 0 Å². The fourth-order valence-electron chi connectivity index (χ4n) is 5.77. The second-order valence-corrected chi connectivity index (χ2v) is 10.7. The van der Waals surface area contributed by atoms with Gasteiger partial charge in [0.1, 0.15) is 16.7 Å². The molecule has 4 nitrogen and oxygen atoms in total. The first-order valence-corrected chi connectivity index (χ1v) is 13.2. The molecule has 0 fully saturated rings. The maximum atomic E-state index is 6.45. The maximum Gasteiger partial charge on any atom is 0.195 e. The zero-order chi connectivity index (χ0) is 24.2. The number of furan rings is 2. The van der Waals surface area contributed by atoms with Gasteiger partial charge in [-0.15, -0.1) is 0 Å². The van der Waals surface area contributed by atoms with Crippen molar-refractivity contribution in [3.8, 4) is 5.13 Å². The molecule has 9 rings (SSSR count). The Morgan fingerprint density at radius 3 is 2.38 bits per heavy atom. The van der Waals surface area contributed by atoms with Crippen LogP contribution < -0.4 is 0 Å². The zero-order valence-corrected chi connectivity index (χ0v) is 20.7. The second kappa shape index (κ2) is 6.91. The Morgan fingerprint density at radius 2 is 1.43 bits per heavy atom. The van der Waals surface area contributed by atoms with Crippen molar-refractivity contribution in [2.24, 2.45) is 0 Å². The van der Waals surface area contributed by atoms with E-state index in [1.165, 1.54) is 0 Å². The molecular weight excluding hydrogens is 500 g/mol. The molecule has 5 aromatic carbocycles. The third kappa shape index (κ3) is 2.50. The van der Waals surface area contributed by atoms with Crippen LogP contribution >= 0.6 is 22.9 Å². The molecule has 0 aliphatic rings. The smallest absolute Gasteiger partial charge is 0.195 e. The summed E-state index contributed by atoms with van der Waals surface area (Å²) in [4.78, 5) is 5.21. The van der Waals surface area contributed by atoms with Gasteiger partial charge in [0.15, 0.2) is 10.7 Å². The van der Waals surface area contributed by atoms with E-state index in [0.29, 0.717) is 10.6 Å². The van der Waals surface area contributed by atoms with Crippen molar-refractivity contribution in [3.05, 3.63) is 96.0 Å². The summed E-state index contributed by atoms with van der Waals surface area (Å²) >= 11 is 8.12. The van der Waals surface area contributed by atoms with Gasteiger partial charge in [-0.2, -0.15) is 0 Å². The zero-order valence-electron chi connectivity index (χ0n) is 19.2. The van der Waals surface area contributed by atoms with Crippen molar-refractivity contribution in [1.82, 2.24) is 9.55 Å². The third-order valence-electron chi connectivity index (χ3n) is 7.33. The van der Waals surface area contributed by atoms with E-state index in [1.54, 1.807) is 11.3 Å². The van der Waals surface area contributed by atoms with Gasteiger partial charge in [0.25, 0.3) is 0 Å². The minimum absolute atomic E-state index is 0.606. The van der Waals surface area contributed by atoms with E-state index in [2.05, 4.69) is 59.2 Å². The number of hydrogen-bond acceptors (Lipinski definition) is 4. The first-order valence-electron chi connectivity index (χ1n) is 12.0. The summed E-state index contributed by atoms with van der Waals surface area (Å²) in [6, 6.07) is 31.0. The molecule has 0 N–H and O–H groups in total. The molecule has 0 bridgehead atoms. The van der Waals surface area contributed by atoms with Gasteiger partial charge in [-0.25, -0.2) is 4.98 Å². The Morgan fingerprint density at radius 1 is 0.622 bits per heavy atom. The van der Waals surface area contributed by atoms with Gasteiger partial charge in [-0.3, -0.25) is 4.57 Å². The first-order chi connectivity index (χ1) is 18.3. The van der Waals surface area contributed by atoms with Crippen molar-refractivity contribution in [2.45, 2.75) is 0 Å². The average Bonchev–Trinajstić information content (AvgIpc) is 3.67. The molecule has 4 aromatic heterocycles. The van der Waals surface area contributed by atoms with Crippen LogP contribution in [-0.4, -0.2) is 9.55 Å². The van der Waals surface area contributed by atoms with Gasteiger partial charge < -0.3 is 8.83 Å². The van der Waals surface area contributed by atoms with Crippen LogP contribution in [0.15, 0.2) is 99.8 Å². The van der Waals surface area contributed by atoms with E-state index in [1.807, 2.05) is 36.4 Å². The fraction of sp³-hybridized carbons (Fsp3) is 0. The molecular formula is C31H15ClN2O2S. The quantitative estimate of drug-likeness (QED) is 0.219. The minimum Gasteiger partial charge on any atom is -0.455 e. The average molecular weight is 515 g/mol. The minimum atomic E-state index is 0.606. The van der Waals surface area contributed by atoms with Crippen molar-refractivity contribution in [1.29, 1.82) is 0 Å². The van der Waals surface area contributed by atoms with Crippen LogP contribution in [0.3, 0.4) is 0 Å². The van der Waals surface area contributed by atoms with Crippen molar-refractivity contribution in [3.63, 3.8) is 0 Å². The van der Waals surface area contributed by atoms with E-state index in [0.717, 1.165) is 75.4 Å². The van der Waals surface area contributed by atoms with Crippen LogP contribution in [0.5, 0.6) is 0 Å². The summed E-state index contributed by atoms with van der Waals surface area (Å²) in [5.74, 6) is 0. The molecule has 0 spiro atoms. The van der Waals surface area contributed by atoms with Crippen LogP contribution in [-0.2, 0) is 0 Å². The number of halogens is 1. The molecule has 4 heterocycles. The lowest BCUT2D eigenvalue weighted by molar-refractivity contribution is 0.669. The third-order valence-corrected chi connectivity index (χ3v) is 8.63. The number of benzene rings is 5. The number of thiazole rings is 1. The lowest BCUT2D eigenvalue weighted by Crippen LogP contribution is -1.92. The number of aromatic nitrogens is 2. The van der Waals surface area contributed by atoms with Crippen molar-refractivity contribution in [2.75, 3.05) is 0 Å². The summed E-state index contributed by atoms with van der Waals surface area (Å²) in [7, 11) is 0. The van der Waals surface area contributed by atoms with E-state index in [4.69, 9.17) is 25.4 Å². The highest BCUT2D eigenvalue weighted by Crippen LogP contribution is 2.43. The molecule has 9 aromatic rings. The van der Waals surface area contributed by atoms with Gasteiger partial charge in [-0.05, 0) is 42.5 Å². The van der Waals surface area contributed by atoms with E-state index >= 15 is 0 Å². The summed E-state index contributed by atoms with van der Waals surface area (Å²) in [6.07, 6.45) is 0. The summed E-state index contributed by atoms with van der Waals surface area (Å²) < 4.78 is 15.9. The predicted octanol–water partition coefficient (Wildman–Crippen LogP) is 9.85. The highest BCUT2D eigenvalue weighted by atomic mass is 35.5. The number of fused-ring (bicyclic) bond motifs is 12. The van der Waals surface area contributed by atoms with Crippen molar-refractivity contribution < 1.29 is 8.83 Å². The molecule has 0 saturated heterocycles. The summed E-state index contributed by atoms with van der Waals surface area (Å²) in [5.41, 5.74) is 6.39. The van der Waals surface area contributed by atoms with Crippen LogP contribution in [0.2, 0.25) is 5.02 Å². The first kappa shape index (κ1) is 19.8. The van der Waals surface area contributed by atoms with Gasteiger partial charge in [0, 0.05) is 21.5 Å². The Labute approximate surface area is 217 Å². The molecule has 0 amide bonds. The Hall–Kier alpha value is -4.32. The topological polar surface area (TPSA) is 44.1 Å². The largest absolute Gasteiger partial charge is 0.455 e. The molecule has 0 radical (unpaired) electrons. The number of hydrogen-bond donors (Lipinski definition) is 0. The number of para-hydroxylation sites is 3. The van der Waals surface area contributed by atoms with E-state index < -0.39 is 0 Å². The summed E-state index contributed by atoms with van der Waals surface area (Å²) in [6.45, 7) is 0. The molecule has 0 aliphatic carbocycles. The Bertz CT molecular complexity index is 2390. The standard InChI is InChI=1S/C31H15ClN2O2S/c32-20-9-5-8-19-27-24(36-29(19)20)14-15-25-28(27)33-31(37-25)34-21-10-3-1-7-18(21)26-22(34)13-12-17-16-6-2-4-11-23(16)35-30(17)26/h1-15H. The number of nitrogens with zero attached hydrogens (tertiary/aromatic N) is 2. The summed E-state index contributed by atoms with van der Waals surface area (Å²) in [5, 5.41) is 7.99. The molecule has 6 heteroatoms. The predicted molar refractivity (Wildman–Crippen MR) is 154 cm³/mol. The highest BCUT2D eigenvalue weighted by molar-refractivity contribution is 7.21. The lowest BCUT2D eigenvalue weighted by atomic mass is 10.1. The van der Waals surface area contributed by atoms with Gasteiger partial charge in [0.05, 0.1) is 37.0 Å². The second-order valence-electron chi connectivity index (χ2n) is 9.29. The maximum absolute atomic E-state index is 6.45. The SMILES string of the molecule is Clc1cccc2c1oc1ccc3sc(-n4c5ccccc5c5c6oc7ccccc7c6ccc54)nc3c12. The molecule has 0 unspecified atom stereocenters. The lowest BCUT2D eigenvalue weighted by Gasteiger charge is -2.02. The van der Waals surface area contributed by atoms with E-state index in [-0.39, 0.29) is 0 Å². The monoisotopic (exact) mass is 514 g/mol. The van der Waals surface area contributed by atoms with Crippen molar-refractivity contribution >= 4 is 98.8 Å². The molecule has 0 atom stereocenters. The molecule has 0 aliphatic heterocycles. The van der Waals surface area contributed by atoms with Crippen LogP contribution in [0.1, 0.15) is 0 Å². The Kier molecular flexibility index (Phi) is 3.70. The van der Waals surface area contributed by atoms with Gasteiger partial charge >= 0.3 is 0 Å². The molecule has 0 saturated carbocycles. The molecule has 37 heavy (non-hydrogen) atoms. The Balaban J connectivity index is 1.42. The normalized spacial score (nSPS) is 12.5.